The van der Waals surface area contributed by atoms with Gasteiger partial charge >= 0.3 is 0 Å². The molecule has 62 valence electrons. The van der Waals surface area contributed by atoms with Gasteiger partial charge < -0.3 is 0 Å². The molecule has 1 fully saturated rings. The lowest BCUT2D eigenvalue weighted by Crippen LogP contribution is -2.33. The number of hydrogen-bond donors (Lipinski definition) is 0. The average molecular weight is 153 g/mol. The van der Waals surface area contributed by atoms with Gasteiger partial charge in [-0.1, -0.05) is 6.42 Å². The fraction of sp³-hybridized carbons (Fsp3) is 1.00. The molecule has 2 nitrogen and oxygen atoms in total. The van der Waals surface area contributed by atoms with Gasteiger partial charge in [0.05, 0.1) is 0 Å². The summed E-state index contributed by atoms with van der Waals surface area (Å²) in [5, 5.41) is 4.65. The molecule has 1 saturated carbocycles. The molecule has 1 aliphatic heterocycles. The Kier molecular flexibility index (Phi) is 1.93. The predicted octanol–water partition coefficient (Wildman–Crippen LogP) is 2.04. The third-order valence-electron chi connectivity index (χ3n) is 2.92. The Morgan fingerprint density at radius 2 is 2.36 bits per heavy atom. The highest BCUT2D eigenvalue weighted by molar-refractivity contribution is 4.77. The van der Waals surface area contributed by atoms with Crippen LogP contribution in [0.4, 0.5) is 0 Å². The molecule has 0 saturated heterocycles. The maximum atomic E-state index is 4.65. The maximum absolute atomic E-state index is 4.65. The van der Waals surface area contributed by atoms with E-state index in [-0.39, 0.29) is 0 Å². The zero-order valence-electron chi connectivity index (χ0n) is 7.29. The molecular formula is C9H17N2+. The van der Waals surface area contributed by atoms with Gasteiger partial charge in [-0.3, -0.25) is 0 Å². The van der Waals surface area contributed by atoms with Crippen molar-refractivity contribution in [3.05, 3.63) is 0 Å². The van der Waals surface area contributed by atoms with E-state index in [4.69, 9.17) is 0 Å². The van der Waals surface area contributed by atoms with Crippen molar-refractivity contribution in [2.24, 2.45) is 11.0 Å². The quantitative estimate of drug-likeness (QED) is 0.512. The first kappa shape index (κ1) is 7.26. The van der Waals surface area contributed by atoms with Crippen molar-refractivity contribution in [3.8, 4) is 0 Å². The fourth-order valence-corrected chi connectivity index (χ4v) is 2.32. The zero-order valence-corrected chi connectivity index (χ0v) is 7.29. The molecule has 0 aromatic carbocycles. The van der Waals surface area contributed by atoms with E-state index in [1.165, 1.54) is 32.2 Å². The van der Waals surface area contributed by atoms with Crippen LogP contribution in [0.1, 0.15) is 32.6 Å². The van der Waals surface area contributed by atoms with Gasteiger partial charge in [0, 0.05) is 5.92 Å². The smallest absolute Gasteiger partial charge is 0.127 e. The lowest BCUT2D eigenvalue weighted by atomic mass is 9.85. The summed E-state index contributed by atoms with van der Waals surface area (Å²) in [5.74, 6) is 0.964. The van der Waals surface area contributed by atoms with Crippen LogP contribution in [0.25, 0.3) is 0 Å². The van der Waals surface area contributed by atoms with E-state index in [9.17, 15) is 0 Å². The maximum Gasteiger partial charge on any atom is 0.171 e. The lowest BCUT2D eigenvalue weighted by Gasteiger charge is -2.27. The van der Waals surface area contributed by atoms with E-state index in [1.807, 2.05) is 0 Å². The van der Waals surface area contributed by atoms with E-state index in [2.05, 4.69) is 16.7 Å². The molecule has 0 amide bonds. The van der Waals surface area contributed by atoms with Crippen molar-refractivity contribution < 1.29 is 4.70 Å². The minimum Gasteiger partial charge on any atom is -0.127 e. The summed E-state index contributed by atoms with van der Waals surface area (Å²) in [7, 11) is 0. The highest BCUT2D eigenvalue weighted by atomic mass is 15.3. The van der Waals surface area contributed by atoms with Crippen molar-refractivity contribution in [2.45, 2.75) is 38.6 Å². The highest BCUT2D eigenvalue weighted by Crippen LogP contribution is 2.29. The van der Waals surface area contributed by atoms with Gasteiger partial charge in [0.1, 0.15) is 6.04 Å². The zero-order chi connectivity index (χ0) is 7.68. The Hall–Kier alpha value is -0.400. The molecule has 0 unspecified atom stereocenters. The predicted molar refractivity (Wildman–Crippen MR) is 43.8 cm³/mol. The summed E-state index contributed by atoms with van der Waals surface area (Å²) < 4.78 is 2.26. The minimum absolute atomic E-state index is 0.683. The van der Waals surface area contributed by atoms with Gasteiger partial charge in [0.15, 0.2) is 13.1 Å². The van der Waals surface area contributed by atoms with Crippen LogP contribution in [0.15, 0.2) is 5.11 Å². The molecule has 0 radical (unpaired) electrons. The van der Waals surface area contributed by atoms with Crippen LogP contribution in [-0.4, -0.2) is 23.8 Å². The van der Waals surface area contributed by atoms with Crippen LogP contribution in [0, 0.1) is 5.92 Å². The second-order valence-corrected chi connectivity index (χ2v) is 3.81. The van der Waals surface area contributed by atoms with Gasteiger partial charge in [-0.2, -0.15) is 0 Å². The van der Waals surface area contributed by atoms with E-state index >= 15 is 0 Å². The van der Waals surface area contributed by atoms with Crippen LogP contribution in [0.3, 0.4) is 0 Å². The van der Waals surface area contributed by atoms with Crippen LogP contribution in [0.2, 0.25) is 0 Å². The van der Waals surface area contributed by atoms with Crippen molar-refractivity contribution in [1.82, 2.24) is 0 Å². The van der Waals surface area contributed by atoms with E-state index in [0.29, 0.717) is 6.04 Å². The molecule has 2 heteroatoms. The second kappa shape index (κ2) is 2.92. The molecule has 2 rings (SSSR count). The van der Waals surface area contributed by atoms with Gasteiger partial charge in [0.2, 0.25) is 0 Å². The standard InChI is InChI=1S/C9H17N2/c1-2-11-7-8-4-3-5-9(6-8)10-11/h8-9H,2-7H2,1H3/q+1/t8-,9-/m0/s1. The van der Waals surface area contributed by atoms with E-state index < -0.39 is 0 Å². The molecule has 0 aromatic rings. The summed E-state index contributed by atoms with van der Waals surface area (Å²) >= 11 is 0. The fourth-order valence-electron chi connectivity index (χ4n) is 2.32. The Balaban J connectivity index is 2.09. The third-order valence-corrected chi connectivity index (χ3v) is 2.92. The molecule has 1 aliphatic carbocycles. The largest absolute Gasteiger partial charge is 0.171 e. The van der Waals surface area contributed by atoms with Gasteiger partial charge in [-0.15, -0.1) is 4.70 Å². The number of azo groups is 2. The van der Waals surface area contributed by atoms with Crippen LogP contribution in [-0.2, 0) is 0 Å². The van der Waals surface area contributed by atoms with Gasteiger partial charge in [-0.25, -0.2) is 0 Å². The van der Waals surface area contributed by atoms with Crippen LogP contribution < -0.4 is 0 Å². The third kappa shape index (κ3) is 1.44. The van der Waals surface area contributed by atoms with Crippen LogP contribution in [0.5, 0.6) is 0 Å². The second-order valence-electron chi connectivity index (χ2n) is 3.81. The molecular weight excluding hydrogens is 136 g/mol. The lowest BCUT2D eigenvalue weighted by molar-refractivity contribution is -0.609. The molecule has 0 N–H and O–H groups in total. The summed E-state index contributed by atoms with van der Waals surface area (Å²) in [4.78, 5) is 0. The van der Waals surface area contributed by atoms with E-state index in [0.717, 1.165) is 12.5 Å². The minimum atomic E-state index is 0.683. The van der Waals surface area contributed by atoms with Gasteiger partial charge in [0.25, 0.3) is 0 Å². The molecule has 2 bridgehead atoms. The summed E-state index contributed by atoms with van der Waals surface area (Å²) in [6, 6.07) is 0.683. The summed E-state index contributed by atoms with van der Waals surface area (Å²) in [6.07, 6.45) is 5.57. The molecule has 11 heavy (non-hydrogen) atoms. The molecule has 2 atom stereocenters. The Morgan fingerprint density at radius 1 is 1.45 bits per heavy atom. The monoisotopic (exact) mass is 153 g/mol. The Labute approximate surface area is 68.3 Å². The summed E-state index contributed by atoms with van der Waals surface area (Å²) in [5.41, 5.74) is 0. The molecule has 0 spiro atoms. The summed E-state index contributed by atoms with van der Waals surface area (Å²) in [6.45, 7) is 4.53. The SMILES string of the molecule is CC[N+]1=N[C@H]2CCC[C@@H](C2)C1. The number of hydrogen-bond acceptors (Lipinski definition) is 1. The van der Waals surface area contributed by atoms with Crippen molar-refractivity contribution in [2.75, 3.05) is 13.1 Å². The van der Waals surface area contributed by atoms with Crippen LogP contribution >= 0.6 is 0 Å². The van der Waals surface area contributed by atoms with Crippen molar-refractivity contribution >= 4 is 0 Å². The number of fused-ring (bicyclic) bond motifs is 2. The first-order chi connectivity index (χ1) is 5.38. The Morgan fingerprint density at radius 3 is 3.09 bits per heavy atom. The van der Waals surface area contributed by atoms with Crippen molar-refractivity contribution in [3.63, 3.8) is 0 Å². The number of rotatable bonds is 1. The molecule has 1 heterocycles. The first-order valence-corrected chi connectivity index (χ1v) is 4.84. The topological polar surface area (TPSA) is 15.4 Å². The van der Waals surface area contributed by atoms with Gasteiger partial charge in [-0.05, 0) is 31.3 Å². The molecule has 0 aromatic heterocycles. The highest BCUT2D eigenvalue weighted by Gasteiger charge is 2.31. The Bertz CT molecular complexity index is 174. The normalized spacial score (nSPS) is 36.6. The average Bonchev–Trinajstić information content (AvgIpc) is 2.03. The molecule has 2 aliphatic rings. The number of nitrogens with zero attached hydrogens (tertiary/aromatic N) is 2. The van der Waals surface area contributed by atoms with Crippen molar-refractivity contribution in [1.29, 1.82) is 0 Å². The van der Waals surface area contributed by atoms with E-state index in [1.54, 1.807) is 0 Å². The first-order valence-electron chi connectivity index (χ1n) is 4.84.